The molecule has 3 nitrogen and oxygen atoms in total. The average molecular weight is 444 g/mol. The molecule has 2 aromatic rings. The maximum atomic E-state index is 13.6. The minimum atomic E-state index is -5.07. The van der Waals surface area contributed by atoms with Crippen molar-refractivity contribution in [2.75, 3.05) is 6.61 Å². The molecule has 0 aliphatic rings. The van der Waals surface area contributed by atoms with Crippen LogP contribution < -0.4 is 4.74 Å². The maximum absolute atomic E-state index is 13.6. The second-order valence-corrected chi connectivity index (χ2v) is 6.51. The van der Waals surface area contributed by atoms with Gasteiger partial charge in [-0.1, -0.05) is 36.6 Å². The van der Waals surface area contributed by atoms with Crippen LogP contribution in [0.25, 0.3) is 11.1 Å². The number of para-hydroxylation sites is 1. The number of halogens is 6. The molecule has 0 aromatic heterocycles. The molecule has 2 rings (SSSR count). The van der Waals surface area contributed by atoms with Crippen LogP contribution >= 0.6 is 0 Å². The first-order valence-corrected chi connectivity index (χ1v) is 9.23. The molecule has 0 saturated carbocycles. The molecule has 9 heteroatoms. The zero-order chi connectivity index (χ0) is 23.1. The van der Waals surface area contributed by atoms with E-state index in [-0.39, 0.29) is 24.2 Å². The first-order chi connectivity index (χ1) is 14.5. The van der Waals surface area contributed by atoms with Crippen molar-refractivity contribution in [1.82, 2.24) is 0 Å². The number of alkyl halides is 6. The highest BCUT2D eigenvalue weighted by Crippen LogP contribution is 2.41. The Balaban J connectivity index is 2.37. The first kappa shape index (κ1) is 24.3. The second kappa shape index (κ2) is 10.4. The summed E-state index contributed by atoms with van der Waals surface area (Å²) in [4.78, 5) is 11.7. The monoisotopic (exact) mass is 444 g/mol. The molecular weight excluding hydrogens is 426 g/mol. The van der Waals surface area contributed by atoms with Crippen molar-refractivity contribution in [2.24, 2.45) is 0 Å². The molecule has 1 N–H and O–H groups in total. The van der Waals surface area contributed by atoms with Gasteiger partial charge in [0.2, 0.25) is 5.78 Å². The lowest BCUT2D eigenvalue weighted by molar-refractivity contribution is -0.274. The zero-order valence-electron chi connectivity index (χ0n) is 16.1. The Bertz CT molecular complexity index is 968. The molecule has 0 unspecified atom stereocenters. The summed E-state index contributed by atoms with van der Waals surface area (Å²) in [7, 11) is 0. The topological polar surface area (TPSA) is 46.5 Å². The number of ether oxygens (including phenoxy) is 1. The summed E-state index contributed by atoms with van der Waals surface area (Å²) in [5, 5.41) is 8.68. The molecule has 31 heavy (non-hydrogen) atoms. The first-order valence-electron chi connectivity index (χ1n) is 9.23. The van der Waals surface area contributed by atoms with Crippen LogP contribution in [0.4, 0.5) is 26.3 Å². The quantitative estimate of drug-likeness (QED) is 0.336. The summed E-state index contributed by atoms with van der Waals surface area (Å²) in [5.41, 5.74) is -2.19. The third kappa shape index (κ3) is 7.64. The molecule has 0 atom stereocenters. The van der Waals surface area contributed by atoms with Crippen molar-refractivity contribution in [3.05, 3.63) is 53.6 Å². The number of aliphatic hydroxyl groups excluding tert-OH is 1. The summed E-state index contributed by atoms with van der Waals surface area (Å²) in [6.07, 6.45) is -8.19. The van der Waals surface area contributed by atoms with Gasteiger partial charge in [-0.15, -0.1) is 13.2 Å². The summed E-state index contributed by atoms with van der Waals surface area (Å²) in [6, 6.07) is 7.40. The number of ketones is 1. The SMILES string of the molecule is O=C(C#Cc1ccc(-c2ccccc2OC(F)(F)F)c(C(F)(F)F)c1)CCCCCO. The molecule has 0 heterocycles. The standard InChI is InChI=1S/C22H18F6O3/c23-21(24,25)19-14-15(9-11-16(30)6-2-1-5-13-29)10-12-17(19)18-7-3-4-8-20(18)31-22(26,27)28/h3-4,7-8,10,12,14,29H,1-2,5-6,13H2. The van der Waals surface area contributed by atoms with Gasteiger partial charge in [0.05, 0.1) is 5.56 Å². The van der Waals surface area contributed by atoms with Gasteiger partial charge >= 0.3 is 12.5 Å². The van der Waals surface area contributed by atoms with Crippen LogP contribution in [-0.2, 0) is 11.0 Å². The number of carbonyl (C=O) groups is 1. The van der Waals surface area contributed by atoms with Crippen molar-refractivity contribution < 1.29 is 41.0 Å². The van der Waals surface area contributed by atoms with Gasteiger partial charge in [-0.3, -0.25) is 4.79 Å². The van der Waals surface area contributed by atoms with Crippen LogP contribution in [-0.4, -0.2) is 23.9 Å². The van der Waals surface area contributed by atoms with E-state index in [4.69, 9.17) is 5.11 Å². The van der Waals surface area contributed by atoms with Gasteiger partial charge in [-0.2, -0.15) is 13.2 Å². The van der Waals surface area contributed by atoms with E-state index in [1.54, 1.807) is 0 Å². The molecule has 0 radical (unpaired) electrons. The lowest BCUT2D eigenvalue weighted by Gasteiger charge is -2.17. The predicted octanol–water partition coefficient (Wildman–Crippen LogP) is 5.74. The molecule has 166 valence electrons. The fourth-order valence-corrected chi connectivity index (χ4v) is 2.77. The number of benzene rings is 2. The molecular formula is C22H18F6O3. The van der Waals surface area contributed by atoms with Gasteiger partial charge in [0.25, 0.3) is 0 Å². The van der Waals surface area contributed by atoms with Crippen molar-refractivity contribution in [3.63, 3.8) is 0 Å². The fourth-order valence-electron chi connectivity index (χ4n) is 2.77. The largest absolute Gasteiger partial charge is 0.573 e. The van der Waals surface area contributed by atoms with E-state index in [0.29, 0.717) is 25.3 Å². The predicted molar refractivity (Wildman–Crippen MR) is 101 cm³/mol. The van der Waals surface area contributed by atoms with E-state index in [2.05, 4.69) is 16.6 Å². The highest BCUT2D eigenvalue weighted by molar-refractivity contribution is 5.96. The Morgan fingerprint density at radius 3 is 2.29 bits per heavy atom. The van der Waals surface area contributed by atoms with Crippen molar-refractivity contribution in [3.8, 4) is 28.7 Å². The van der Waals surface area contributed by atoms with E-state index in [1.807, 2.05) is 0 Å². The van der Waals surface area contributed by atoms with Crippen molar-refractivity contribution >= 4 is 5.78 Å². The van der Waals surface area contributed by atoms with Gasteiger partial charge in [-0.25, -0.2) is 0 Å². The molecule has 0 fully saturated rings. The molecule has 0 bridgehead atoms. The molecule has 0 spiro atoms. The molecule has 0 aliphatic heterocycles. The van der Waals surface area contributed by atoms with Gasteiger partial charge in [0, 0.05) is 24.2 Å². The van der Waals surface area contributed by atoms with Crippen LogP contribution in [0, 0.1) is 11.8 Å². The highest BCUT2D eigenvalue weighted by Gasteiger charge is 2.36. The normalized spacial score (nSPS) is 11.6. The van der Waals surface area contributed by atoms with Gasteiger partial charge in [-0.05, 0) is 42.5 Å². The third-order valence-corrected chi connectivity index (χ3v) is 4.14. The van der Waals surface area contributed by atoms with Crippen molar-refractivity contribution in [2.45, 2.75) is 38.2 Å². The lowest BCUT2D eigenvalue weighted by atomic mass is 9.96. The van der Waals surface area contributed by atoms with E-state index in [1.165, 1.54) is 18.2 Å². The molecule has 2 aromatic carbocycles. The number of hydrogen-bond acceptors (Lipinski definition) is 3. The maximum Gasteiger partial charge on any atom is 0.573 e. The number of Topliss-reactive ketones (excluding diaryl/α,β-unsaturated/α-hetero) is 1. The Morgan fingerprint density at radius 1 is 0.935 bits per heavy atom. The Morgan fingerprint density at radius 2 is 1.65 bits per heavy atom. The van der Waals surface area contributed by atoms with Crippen molar-refractivity contribution in [1.29, 1.82) is 0 Å². The van der Waals surface area contributed by atoms with Crippen LogP contribution in [0.15, 0.2) is 42.5 Å². The average Bonchev–Trinajstić information content (AvgIpc) is 2.68. The Kier molecular flexibility index (Phi) is 8.11. The van der Waals surface area contributed by atoms with E-state index in [0.717, 1.165) is 18.2 Å². The van der Waals surface area contributed by atoms with E-state index < -0.39 is 35.2 Å². The van der Waals surface area contributed by atoms with E-state index >= 15 is 0 Å². The Labute approximate surface area is 174 Å². The minimum absolute atomic E-state index is 0.00355. The fraction of sp³-hybridized carbons (Fsp3) is 0.318. The van der Waals surface area contributed by atoms with Gasteiger partial charge in [0.1, 0.15) is 5.75 Å². The van der Waals surface area contributed by atoms with Gasteiger partial charge in [0.15, 0.2) is 0 Å². The zero-order valence-corrected chi connectivity index (χ0v) is 16.1. The second-order valence-electron chi connectivity index (χ2n) is 6.51. The Hall–Kier alpha value is -2.99. The van der Waals surface area contributed by atoms with Crippen LogP contribution in [0.5, 0.6) is 5.75 Å². The number of hydrogen-bond donors (Lipinski definition) is 1. The number of rotatable bonds is 7. The smallest absolute Gasteiger partial charge is 0.405 e. The highest BCUT2D eigenvalue weighted by atomic mass is 19.4. The summed E-state index contributed by atoms with van der Waals surface area (Å²) in [6.45, 7) is 0.00355. The third-order valence-electron chi connectivity index (χ3n) is 4.14. The van der Waals surface area contributed by atoms with Gasteiger partial charge < -0.3 is 9.84 Å². The molecule has 0 amide bonds. The summed E-state index contributed by atoms with van der Waals surface area (Å²) >= 11 is 0. The number of carbonyl (C=O) groups excluding carboxylic acids is 1. The molecule has 0 saturated heterocycles. The summed E-state index contributed by atoms with van der Waals surface area (Å²) < 4.78 is 82.6. The lowest BCUT2D eigenvalue weighted by Crippen LogP contribution is -2.18. The van der Waals surface area contributed by atoms with Crippen LogP contribution in [0.3, 0.4) is 0 Å². The molecule has 0 aliphatic carbocycles. The minimum Gasteiger partial charge on any atom is -0.405 e. The van der Waals surface area contributed by atoms with E-state index in [9.17, 15) is 31.1 Å². The number of aliphatic hydroxyl groups is 1. The number of unbranched alkanes of at least 4 members (excludes halogenated alkanes) is 2. The van der Waals surface area contributed by atoms with Crippen LogP contribution in [0.1, 0.15) is 36.8 Å². The summed E-state index contributed by atoms with van der Waals surface area (Å²) in [5.74, 6) is 3.41. The van der Waals surface area contributed by atoms with Crippen LogP contribution in [0.2, 0.25) is 0 Å².